The fourth-order valence-corrected chi connectivity index (χ4v) is 6.93. The lowest BCUT2D eigenvalue weighted by molar-refractivity contribution is -0.124. The van der Waals surface area contributed by atoms with E-state index in [2.05, 4.69) is 86.9 Å². The van der Waals surface area contributed by atoms with Crippen molar-refractivity contribution in [3.8, 4) is 5.75 Å². The van der Waals surface area contributed by atoms with Gasteiger partial charge < -0.3 is 9.30 Å². The Morgan fingerprint density at radius 1 is 1.05 bits per heavy atom. The van der Waals surface area contributed by atoms with Crippen molar-refractivity contribution >= 4 is 39.4 Å². The largest absolute Gasteiger partial charge is 0.487 e. The third-order valence-corrected chi connectivity index (χ3v) is 9.46. The third-order valence-electron chi connectivity index (χ3n) is 8.22. The molecule has 3 aromatic carbocycles. The van der Waals surface area contributed by atoms with E-state index in [0.717, 1.165) is 35.3 Å². The average molecular weight is 549 g/mol. The Kier molecular flexibility index (Phi) is 6.95. The zero-order valence-corrected chi connectivity index (χ0v) is 24.8. The summed E-state index contributed by atoms with van der Waals surface area (Å²) in [6, 6.07) is 25.5. The minimum atomic E-state index is -0.446. The molecule has 1 aliphatic heterocycles. The molecule has 1 aliphatic rings. The van der Waals surface area contributed by atoms with Crippen LogP contribution in [0.15, 0.2) is 77.7 Å². The molecule has 204 valence electrons. The van der Waals surface area contributed by atoms with E-state index in [-0.39, 0.29) is 5.78 Å². The lowest BCUT2D eigenvalue weighted by Gasteiger charge is -2.25. The molecule has 0 radical (unpaired) electrons. The lowest BCUT2D eigenvalue weighted by atomic mass is 9.84. The molecular weight excluding hydrogens is 512 g/mol. The van der Waals surface area contributed by atoms with Crippen LogP contribution in [-0.4, -0.2) is 20.6 Å². The van der Waals surface area contributed by atoms with Crippen LogP contribution < -0.4 is 4.74 Å². The Morgan fingerprint density at radius 2 is 1.82 bits per heavy atom. The maximum absolute atomic E-state index is 12.7. The van der Waals surface area contributed by atoms with Crippen molar-refractivity contribution in [2.75, 3.05) is 0 Å². The maximum atomic E-state index is 12.7. The summed E-state index contributed by atoms with van der Waals surface area (Å²) in [5, 5.41) is 2.83. The number of pyridine rings is 1. The van der Waals surface area contributed by atoms with E-state index in [1.165, 1.54) is 38.2 Å². The van der Waals surface area contributed by atoms with Crippen LogP contribution in [0.1, 0.15) is 55.8 Å². The van der Waals surface area contributed by atoms with Crippen molar-refractivity contribution in [1.82, 2.24) is 9.55 Å². The predicted molar refractivity (Wildman–Crippen MR) is 165 cm³/mol. The fourth-order valence-electron chi connectivity index (χ4n) is 5.62. The molecule has 0 bridgehead atoms. The van der Waals surface area contributed by atoms with E-state index < -0.39 is 5.41 Å². The number of aromatic nitrogens is 2. The Hall–Kier alpha value is -3.57. The van der Waals surface area contributed by atoms with Crippen molar-refractivity contribution in [2.45, 2.75) is 70.8 Å². The number of ketones is 1. The second kappa shape index (κ2) is 10.4. The van der Waals surface area contributed by atoms with Gasteiger partial charge in [-0.3, -0.25) is 4.79 Å². The van der Waals surface area contributed by atoms with Crippen LogP contribution >= 0.6 is 11.8 Å². The number of benzene rings is 3. The first-order valence-corrected chi connectivity index (χ1v) is 15.0. The first kappa shape index (κ1) is 26.6. The van der Waals surface area contributed by atoms with Crippen LogP contribution in [0, 0.1) is 12.3 Å². The van der Waals surface area contributed by atoms with Crippen LogP contribution in [0.2, 0.25) is 0 Å². The molecule has 0 fully saturated rings. The van der Waals surface area contributed by atoms with Crippen LogP contribution in [0.4, 0.5) is 0 Å². The predicted octanol–water partition coefficient (Wildman–Crippen LogP) is 8.32. The zero-order chi connectivity index (χ0) is 28.0. The molecule has 4 nitrogen and oxygen atoms in total. The van der Waals surface area contributed by atoms with E-state index in [1.54, 1.807) is 6.92 Å². The van der Waals surface area contributed by atoms with Crippen molar-refractivity contribution in [3.05, 3.63) is 101 Å². The highest BCUT2D eigenvalue weighted by Crippen LogP contribution is 2.48. The van der Waals surface area contributed by atoms with E-state index in [0.29, 0.717) is 18.3 Å². The van der Waals surface area contributed by atoms with Crippen LogP contribution in [-0.2, 0) is 30.8 Å². The number of rotatable bonds is 8. The first-order valence-electron chi connectivity index (χ1n) is 14.1. The summed E-state index contributed by atoms with van der Waals surface area (Å²) in [7, 11) is 0. The number of carbonyl (C=O) groups is 1. The van der Waals surface area contributed by atoms with Crippen LogP contribution in [0.5, 0.6) is 5.75 Å². The number of Topliss-reactive ketones (excluding diaryl/α,β-unsaturated/α-hetero) is 1. The molecule has 0 saturated heterocycles. The molecule has 0 spiro atoms. The molecule has 0 N–H and O–H groups in total. The molecule has 5 aromatic rings. The Morgan fingerprint density at radius 3 is 2.60 bits per heavy atom. The van der Waals surface area contributed by atoms with Crippen LogP contribution in [0.3, 0.4) is 0 Å². The second-order valence-corrected chi connectivity index (χ2v) is 13.3. The van der Waals surface area contributed by atoms with E-state index in [4.69, 9.17) is 9.72 Å². The molecule has 0 saturated carbocycles. The molecule has 5 heteroatoms. The van der Waals surface area contributed by atoms with E-state index >= 15 is 0 Å². The number of ether oxygens (including phenoxy) is 1. The minimum absolute atomic E-state index is 0.216. The quantitative estimate of drug-likeness (QED) is 0.196. The van der Waals surface area contributed by atoms with E-state index in [1.807, 2.05) is 30.0 Å². The number of nitrogens with zero attached hydrogens (tertiary/aromatic N) is 2. The standard InChI is InChI=1S/C35H36N2O2S/c1-22-10-12-25(13-11-22)20-37-30-16-17-32(39-21-27-15-14-26-8-6-7-9-29(26)36-27)28-18-23(2)40-34(33(28)30)31(37)19-35(4,5)24(3)38/h6-17,23H,18-21H2,1-5H3. The lowest BCUT2D eigenvalue weighted by Crippen LogP contribution is -2.26. The molecule has 3 heterocycles. The summed E-state index contributed by atoms with van der Waals surface area (Å²) in [5.74, 6) is 1.15. The highest BCUT2D eigenvalue weighted by atomic mass is 32.2. The fraction of sp³-hybridized carbons (Fsp3) is 0.314. The normalized spacial score (nSPS) is 15.1. The number of para-hydroxylation sites is 1. The highest BCUT2D eigenvalue weighted by Gasteiger charge is 2.33. The number of aryl methyl sites for hydroxylation is 1. The van der Waals surface area contributed by atoms with Gasteiger partial charge in [0.2, 0.25) is 0 Å². The molecule has 1 atom stereocenters. The van der Waals surface area contributed by atoms with Gasteiger partial charge in [0.15, 0.2) is 0 Å². The summed E-state index contributed by atoms with van der Waals surface area (Å²) >= 11 is 1.94. The molecule has 6 rings (SSSR count). The number of thioether (sulfide) groups is 1. The number of fused-ring (bicyclic) bond motifs is 1. The van der Waals surface area contributed by atoms with Gasteiger partial charge in [0.25, 0.3) is 0 Å². The molecule has 0 amide bonds. The van der Waals surface area contributed by atoms with Crippen LogP contribution in [0.25, 0.3) is 21.8 Å². The third kappa shape index (κ3) is 5.03. The monoisotopic (exact) mass is 548 g/mol. The molecule has 1 unspecified atom stereocenters. The Labute approximate surface area is 240 Å². The van der Waals surface area contributed by atoms with Gasteiger partial charge >= 0.3 is 0 Å². The molecule has 40 heavy (non-hydrogen) atoms. The minimum Gasteiger partial charge on any atom is -0.487 e. The van der Waals surface area contributed by atoms with Gasteiger partial charge in [-0.2, -0.15) is 0 Å². The number of hydrogen-bond donors (Lipinski definition) is 0. The maximum Gasteiger partial charge on any atom is 0.135 e. The van der Waals surface area contributed by atoms with Crippen molar-refractivity contribution < 1.29 is 9.53 Å². The van der Waals surface area contributed by atoms with Gasteiger partial charge in [0.1, 0.15) is 18.1 Å². The van der Waals surface area contributed by atoms with Gasteiger partial charge in [0, 0.05) is 50.6 Å². The van der Waals surface area contributed by atoms with Crippen molar-refractivity contribution in [2.24, 2.45) is 5.41 Å². The van der Waals surface area contributed by atoms with Gasteiger partial charge in [-0.25, -0.2) is 4.98 Å². The van der Waals surface area contributed by atoms with Crippen molar-refractivity contribution in [3.63, 3.8) is 0 Å². The summed E-state index contributed by atoms with van der Waals surface area (Å²) in [6.07, 6.45) is 1.65. The van der Waals surface area contributed by atoms with Gasteiger partial charge in [-0.15, -0.1) is 11.8 Å². The molecular formula is C35H36N2O2S. The van der Waals surface area contributed by atoms with E-state index in [9.17, 15) is 4.79 Å². The second-order valence-electron chi connectivity index (χ2n) is 11.8. The summed E-state index contributed by atoms with van der Waals surface area (Å²) in [6.45, 7) is 11.5. The topological polar surface area (TPSA) is 44.1 Å². The number of carbonyl (C=O) groups excluding carboxylic acids is 1. The summed E-state index contributed by atoms with van der Waals surface area (Å²) < 4.78 is 8.94. The molecule has 0 aliphatic carbocycles. The summed E-state index contributed by atoms with van der Waals surface area (Å²) in [4.78, 5) is 18.8. The summed E-state index contributed by atoms with van der Waals surface area (Å²) in [5.41, 5.74) is 7.72. The zero-order valence-electron chi connectivity index (χ0n) is 24.0. The van der Waals surface area contributed by atoms with Crippen molar-refractivity contribution in [1.29, 1.82) is 0 Å². The first-order chi connectivity index (χ1) is 19.2. The van der Waals surface area contributed by atoms with Gasteiger partial charge in [-0.1, -0.05) is 74.9 Å². The average Bonchev–Trinajstić information content (AvgIpc) is 3.21. The van der Waals surface area contributed by atoms with Gasteiger partial charge in [-0.05, 0) is 50.1 Å². The SMILES string of the molecule is CC(=O)C(C)(C)Cc1c2c3c(c(OCc4ccc5ccccc5n4)ccc3n1Cc1ccc(C)cc1)CC(C)S2. The number of hydrogen-bond acceptors (Lipinski definition) is 4. The highest BCUT2D eigenvalue weighted by molar-refractivity contribution is 8.00. The van der Waals surface area contributed by atoms with Gasteiger partial charge in [0.05, 0.1) is 16.7 Å². The smallest absolute Gasteiger partial charge is 0.135 e. The molecule has 2 aromatic heterocycles. The Balaban J connectivity index is 1.44. The Bertz CT molecular complexity index is 1730.